The van der Waals surface area contributed by atoms with Gasteiger partial charge in [0.1, 0.15) is 0 Å². The van der Waals surface area contributed by atoms with Gasteiger partial charge in [-0.1, -0.05) is 112 Å². The maximum Gasteiger partial charge on any atom is 0.159 e. The lowest BCUT2D eigenvalue weighted by molar-refractivity contribution is 0.0514. The van der Waals surface area contributed by atoms with Crippen LogP contribution in [0, 0.1) is 5.92 Å². The van der Waals surface area contributed by atoms with Crippen LogP contribution in [0.3, 0.4) is 0 Å². The zero-order valence-corrected chi connectivity index (χ0v) is 29.4. The van der Waals surface area contributed by atoms with Crippen molar-refractivity contribution < 1.29 is 0 Å². The van der Waals surface area contributed by atoms with E-state index in [1.165, 1.54) is 86.7 Å². The minimum Gasteiger partial charge on any atom is -0.355 e. The van der Waals surface area contributed by atoms with Crippen molar-refractivity contribution >= 4 is 11.6 Å². The van der Waals surface area contributed by atoms with Gasteiger partial charge in [0, 0.05) is 56.2 Å². The van der Waals surface area contributed by atoms with Crippen molar-refractivity contribution in [2.24, 2.45) is 5.92 Å². The predicted octanol–water partition coefficient (Wildman–Crippen LogP) is 9.26. The van der Waals surface area contributed by atoms with E-state index in [0.29, 0.717) is 6.04 Å². The molecule has 1 atom stereocenters. The lowest BCUT2D eigenvalue weighted by Gasteiger charge is -2.44. The third-order valence-corrected chi connectivity index (χ3v) is 9.82. The Balaban J connectivity index is 0.000000191. The molecule has 2 bridgehead atoms. The first-order chi connectivity index (χ1) is 23.7. The Morgan fingerprint density at radius 2 is 1.35 bits per heavy atom. The second kappa shape index (κ2) is 18.4. The zero-order valence-electron chi connectivity index (χ0n) is 29.4. The summed E-state index contributed by atoms with van der Waals surface area (Å²) < 4.78 is 2.24. The van der Waals surface area contributed by atoms with Gasteiger partial charge in [-0.2, -0.15) is 10.2 Å². The van der Waals surface area contributed by atoms with Crippen LogP contribution in [0.25, 0.3) is 22.3 Å². The Labute approximate surface area is 289 Å². The minimum atomic E-state index is 0.489. The molecule has 3 aliphatic rings. The van der Waals surface area contributed by atoms with Gasteiger partial charge in [-0.3, -0.25) is 9.78 Å². The Hall–Kier alpha value is -4.10. The SMILES string of the molecule is C=CCN(CC=C)c1nn(C2CN3CCC2CC3)cc1-c1ccccc1.CCCCCN(CCCCC)c1n[nH]cc1-c1ccccc1. The number of H-pyrrole nitrogens is 1. The summed E-state index contributed by atoms with van der Waals surface area (Å²) in [6.07, 6.45) is 18.3. The van der Waals surface area contributed by atoms with Gasteiger partial charge >= 0.3 is 0 Å². The molecule has 256 valence electrons. The highest BCUT2D eigenvalue weighted by Crippen LogP contribution is 2.38. The van der Waals surface area contributed by atoms with Crippen molar-refractivity contribution in [2.75, 3.05) is 55.6 Å². The molecule has 1 N–H and O–H groups in total. The van der Waals surface area contributed by atoms with Crippen LogP contribution in [0.15, 0.2) is 98.4 Å². The van der Waals surface area contributed by atoms with Crippen LogP contribution in [0.2, 0.25) is 0 Å². The Morgan fingerprint density at radius 3 is 1.88 bits per heavy atom. The lowest BCUT2D eigenvalue weighted by Crippen LogP contribution is -2.48. The monoisotopic (exact) mass is 647 g/mol. The molecule has 2 aromatic heterocycles. The summed E-state index contributed by atoms with van der Waals surface area (Å²) >= 11 is 0. The number of piperidine rings is 3. The summed E-state index contributed by atoms with van der Waals surface area (Å²) in [6, 6.07) is 21.6. The molecule has 1 unspecified atom stereocenters. The second-order valence-electron chi connectivity index (χ2n) is 13.3. The molecular formula is C41H57N7. The highest BCUT2D eigenvalue weighted by molar-refractivity contribution is 5.76. The van der Waals surface area contributed by atoms with Crippen molar-refractivity contribution in [2.45, 2.75) is 71.3 Å². The first-order valence-corrected chi connectivity index (χ1v) is 18.3. The molecule has 0 amide bonds. The molecule has 3 saturated heterocycles. The maximum atomic E-state index is 5.09. The summed E-state index contributed by atoms with van der Waals surface area (Å²) in [4.78, 5) is 7.30. The molecule has 7 heteroatoms. The van der Waals surface area contributed by atoms with E-state index >= 15 is 0 Å². The van der Waals surface area contributed by atoms with Gasteiger partial charge < -0.3 is 14.7 Å². The van der Waals surface area contributed by atoms with E-state index in [2.05, 4.69) is 123 Å². The van der Waals surface area contributed by atoms with Gasteiger partial charge in [-0.05, 0) is 55.8 Å². The number of nitrogens with zero attached hydrogens (tertiary/aromatic N) is 6. The summed E-state index contributed by atoms with van der Waals surface area (Å²) in [5, 5.41) is 12.7. The fraction of sp³-hybridized carbons (Fsp3) is 0.463. The van der Waals surface area contributed by atoms with Crippen LogP contribution in [0.1, 0.15) is 71.3 Å². The number of hydrogen-bond acceptors (Lipinski definition) is 5. The molecule has 5 heterocycles. The van der Waals surface area contributed by atoms with E-state index in [1.54, 1.807) is 0 Å². The summed E-state index contributed by atoms with van der Waals surface area (Å²) in [5.74, 6) is 2.90. The fourth-order valence-corrected chi connectivity index (χ4v) is 7.18. The standard InChI is InChI=1S/C22H28N4.C19H29N3/c1-3-12-25(13-4-2)22-20(18-8-6-5-7-9-18)16-26(23-22)21-17-24-14-10-19(21)11-15-24;1-3-5-10-14-22(15-11-6-4-2)19-18(16-20-21-19)17-12-8-7-9-13-17/h3-9,16,19,21H,1-2,10-15,17H2;7-9,12-13,16H,3-6,10-11,14-15H2,1-2H3,(H,20,21). The third-order valence-electron chi connectivity index (χ3n) is 9.82. The van der Waals surface area contributed by atoms with E-state index in [9.17, 15) is 0 Å². The lowest BCUT2D eigenvalue weighted by atomic mass is 9.84. The Kier molecular flexibility index (Phi) is 13.5. The largest absolute Gasteiger partial charge is 0.355 e. The number of aromatic nitrogens is 4. The third kappa shape index (κ3) is 9.07. The number of nitrogens with one attached hydrogen (secondary N) is 1. The number of aromatic amines is 1. The fourth-order valence-electron chi connectivity index (χ4n) is 7.18. The molecule has 7 nitrogen and oxygen atoms in total. The van der Waals surface area contributed by atoms with Gasteiger partial charge in [-0.15, -0.1) is 13.2 Å². The number of rotatable bonds is 17. The Morgan fingerprint density at radius 1 is 0.771 bits per heavy atom. The van der Waals surface area contributed by atoms with E-state index < -0.39 is 0 Å². The molecule has 7 rings (SSSR count). The van der Waals surface area contributed by atoms with Gasteiger partial charge in [0.05, 0.1) is 6.04 Å². The van der Waals surface area contributed by atoms with Crippen molar-refractivity contribution in [3.8, 4) is 22.3 Å². The second-order valence-corrected chi connectivity index (χ2v) is 13.3. The number of anilines is 2. The predicted molar refractivity (Wildman–Crippen MR) is 204 cm³/mol. The quantitative estimate of drug-likeness (QED) is 0.0915. The summed E-state index contributed by atoms with van der Waals surface area (Å²) in [5.41, 5.74) is 4.87. The number of benzene rings is 2. The number of fused-ring (bicyclic) bond motifs is 3. The smallest absolute Gasteiger partial charge is 0.159 e. The number of unbranched alkanes of at least 4 members (excludes halogenated alkanes) is 4. The molecule has 0 saturated carbocycles. The molecular weight excluding hydrogens is 591 g/mol. The van der Waals surface area contributed by atoms with E-state index in [0.717, 1.165) is 50.3 Å². The van der Waals surface area contributed by atoms with Crippen LogP contribution < -0.4 is 9.80 Å². The topological polar surface area (TPSA) is 56.2 Å². The Bertz CT molecular complexity index is 1480. The molecule has 2 aromatic carbocycles. The van der Waals surface area contributed by atoms with Gasteiger partial charge in [0.25, 0.3) is 0 Å². The molecule has 4 aromatic rings. The van der Waals surface area contributed by atoms with E-state index in [1.807, 2.05) is 18.3 Å². The average molecular weight is 648 g/mol. The van der Waals surface area contributed by atoms with E-state index in [-0.39, 0.29) is 0 Å². The average Bonchev–Trinajstić information content (AvgIpc) is 3.81. The van der Waals surface area contributed by atoms with Crippen molar-refractivity contribution in [3.63, 3.8) is 0 Å². The number of hydrogen-bond donors (Lipinski definition) is 1. The van der Waals surface area contributed by atoms with Crippen LogP contribution in [-0.2, 0) is 0 Å². The summed E-state index contributed by atoms with van der Waals surface area (Å²) in [6.45, 7) is 19.7. The van der Waals surface area contributed by atoms with Crippen LogP contribution in [-0.4, -0.2) is 70.7 Å². The van der Waals surface area contributed by atoms with Gasteiger partial charge in [0.15, 0.2) is 11.6 Å². The summed E-state index contributed by atoms with van der Waals surface area (Å²) in [7, 11) is 0. The van der Waals surface area contributed by atoms with Crippen molar-refractivity contribution in [3.05, 3.63) is 98.4 Å². The molecule has 0 aliphatic carbocycles. The van der Waals surface area contributed by atoms with Crippen LogP contribution in [0.5, 0.6) is 0 Å². The normalized spacial score (nSPS) is 18.2. The van der Waals surface area contributed by atoms with Gasteiger partial charge in [-0.25, -0.2) is 0 Å². The van der Waals surface area contributed by atoms with E-state index in [4.69, 9.17) is 5.10 Å². The molecule has 3 fully saturated rings. The van der Waals surface area contributed by atoms with Gasteiger partial charge in [0.2, 0.25) is 0 Å². The maximum absolute atomic E-state index is 5.09. The molecule has 0 radical (unpaired) electrons. The first-order valence-electron chi connectivity index (χ1n) is 18.3. The van der Waals surface area contributed by atoms with Crippen molar-refractivity contribution in [1.29, 1.82) is 0 Å². The van der Waals surface area contributed by atoms with Crippen LogP contribution >= 0.6 is 0 Å². The molecule has 3 aliphatic heterocycles. The minimum absolute atomic E-state index is 0.489. The first kappa shape index (κ1) is 35.2. The van der Waals surface area contributed by atoms with Crippen molar-refractivity contribution in [1.82, 2.24) is 24.9 Å². The molecule has 48 heavy (non-hydrogen) atoms. The van der Waals surface area contributed by atoms with Crippen LogP contribution in [0.4, 0.5) is 11.6 Å². The highest BCUT2D eigenvalue weighted by atomic mass is 15.4. The molecule has 0 spiro atoms. The zero-order chi connectivity index (χ0) is 33.6. The highest BCUT2D eigenvalue weighted by Gasteiger charge is 2.36.